The zero-order chi connectivity index (χ0) is 12.1. The molecule has 0 aromatic rings. The molecule has 3 heteroatoms. The van der Waals surface area contributed by atoms with Crippen molar-refractivity contribution >= 4 is 5.91 Å². The SMILES string of the molecule is C[C@@H](NCC(=O)NC1CCCC1)C1CCCC1. The van der Waals surface area contributed by atoms with Gasteiger partial charge in [-0.1, -0.05) is 25.7 Å². The highest BCUT2D eigenvalue weighted by Gasteiger charge is 2.22. The van der Waals surface area contributed by atoms with Gasteiger partial charge in [-0.15, -0.1) is 0 Å². The fourth-order valence-corrected chi connectivity index (χ4v) is 3.23. The molecule has 2 fully saturated rings. The molecule has 0 heterocycles. The third-order valence-electron chi connectivity index (χ3n) is 4.41. The van der Waals surface area contributed by atoms with Crippen LogP contribution in [0.25, 0.3) is 0 Å². The van der Waals surface area contributed by atoms with E-state index >= 15 is 0 Å². The van der Waals surface area contributed by atoms with Crippen molar-refractivity contribution in [3.05, 3.63) is 0 Å². The highest BCUT2D eigenvalue weighted by Crippen LogP contribution is 2.27. The van der Waals surface area contributed by atoms with Crippen molar-refractivity contribution in [3.8, 4) is 0 Å². The van der Waals surface area contributed by atoms with Crippen LogP contribution in [0.5, 0.6) is 0 Å². The molecular weight excluding hydrogens is 212 g/mol. The zero-order valence-corrected chi connectivity index (χ0v) is 11.0. The van der Waals surface area contributed by atoms with E-state index in [1.54, 1.807) is 0 Å². The Bertz CT molecular complexity index is 243. The highest BCUT2D eigenvalue weighted by atomic mass is 16.1. The number of hydrogen-bond donors (Lipinski definition) is 2. The second-order valence-corrected chi connectivity index (χ2v) is 5.76. The number of hydrogen-bond acceptors (Lipinski definition) is 2. The van der Waals surface area contributed by atoms with E-state index in [1.165, 1.54) is 51.4 Å². The van der Waals surface area contributed by atoms with E-state index in [0.29, 0.717) is 18.6 Å². The monoisotopic (exact) mass is 238 g/mol. The van der Waals surface area contributed by atoms with Crippen molar-refractivity contribution in [2.75, 3.05) is 6.54 Å². The first kappa shape index (κ1) is 12.9. The second kappa shape index (κ2) is 6.39. The third-order valence-corrected chi connectivity index (χ3v) is 4.41. The zero-order valence-electron chi connectivity index (χ0n) is 11.0. The number of nitrogens with one attached hydrogen (secondary N) is 2. The molecule has 1 amide bonds. The molecule has 2 N–H and O–H groups in total. The Labute approximate surface area is 105 Å². The van der Waals surface area contributed by atoms with Gasteiger partial charge in [0.15, 0.2) is 0 Å². The minimum Gasteiger partial charge on any atom is -0.352 e. The van der Waals surface area contributed by atoms with E-state index in [1.807, 2.05) is 0 Å². The summed E-state index contributed by atoms with van der Waals surface area (Å²) in [5.74, 6) is 0.969. The maximum atomic E-state index is 11.7. The molecule has 0 radical (unpaired) electrons. The molecule has 0 aliphatic heterocycles. The Morgan fingerprint density at radius 1 is 1.12 bits per heavy atom. The normalized spacial score (nSPS) is 24.1. The predicted octanol–water partition coefficient (Wildman–Crippen LogP) is 2.21. The molecule has 0 spiro atoms. The largest absolute Gasteiger partial charge is 0.352 e. The smallest absolute Gasteiger partial charge is 0.234 e. The number of carbonyl (C=O) groups excluding carboxylic acids is 1. The maximum absolute atomic E-state index is 11.7. The van der Waals surface area contributed by atoms with Crippen molar-refractivity contribution in [2.45, 2.75) is 70.4 Å². The molecule has 0 aromatic carbocycles. The number of carbonyl (C=O) groups is 1. The van der Waals surface area contributed by atoms with E-state index in [-0.39, 0.29) is 5.91 Å². The van der Waals surface area contributed by atoms with Crippen LogP contribution in [0, 0.1) is 5.92 Å². The van der Waals surface area contributed by atoms with Gasteiger partial charge in [0.2, 0.25) is 5.91 Å². The average Bonchev–Trinajstić information content (AvgIpc) is 2.97. The van der Waals surface area contributed by atoms with E-state index in [9.17, 15) is 4.79 Å². The van der Waals surface area contributed by atoms with Gasteiger partial charge in [-0.2, -0.15) is 0 Å². The Morgan fingerprint density at radius 3 is 2.35 bits per heavy atom. The Balaban J connectivity index is 1.61. The first-order chi connectivity index (χ1) is 8.25. The fraction of sp³-hybridized carbons (Fsp3) is 0.929. The lowest BCUT2D eigenvalue weighted by Crippen LogP contribution is -2.43. The lowest BCUT2D eigenvalue weighted by molar-refractivity contribution is -0.121. The van der Waals surface area contributed by atoms with Crippen LogP contribution in [-0.4, -0.2) is 24.5 Å². The minimum absolute atomic E-state index is 0.182. The van der Waals surface area contributed by atoms with Gasteiger partial charge in [-0.05, 0) is 38.5 Å². The maximum Gasteiger partial charge on any atom is 0.234 e. The molecule has 0 unspecified atom stereocenters. The summed E-state index contributed by atoms with van der Waals surface area (Å²) in [5.41, 5.74) is 0. The number of amides is 1. The molecule has 17 heavy (non-hydrogen) atoms. The van der Waals surface area contributed by atoms with Gasteiger partial charge in [0.25, 0.3) is 0 Å². The van der Waals surface area contributed by atoms with Crippen LogP contribution in [0.3, 0.4) is 0 Å². The predicted molar refractivity (Wildman–Crippen MR) is 69.8 cm³/mol. The summed E-state index contributed by atoms with van der Waals surface area (Å²) in [6.45, 7) is 2.72. The second-order valence-electron chi connectivity index (χ2n) is 5.76. The first-order valence-corrected chi connectivity index (χ1v) is 7.28. The third kappa shape index (κ3) is 3.98. The van der Waals surface area contributed by atoms with Gasteiger partial charge in [0.05, 0.1) is 6.54 Å². The number of rotatable bonds is 5. The van der Waals surface area contributed by atoms with Crippen LogP contribution in [0.4, 0.5) is 0 Å². The molecule has 2 rings (SSSR count). The summed E-state index contributed by atoms with van der Waals surface area (Å²) < 4.78 is 0. The molecule has 2 aliphatic carbocycles. The van der Waals surface area contributed by atoms with E-state index in [2.05, 4.69) is 17.6 Å². The summed E-state index contributed by atoms with van der Waals surface area (Å²) in [4.78, 5) is 11.7. The molecule has 3 nitrogen and oxygen atoms in total. The summed E-state index contributed by atoms with van der Waals surface area (Å²) in [7, 11) is 0. The molecule has 1 atom stereocenters. The van der Waals surface area contributed by atoms with Crippen molar-refractivity contribution in [1.29, 1.82) is 0 Å². The molecule has 0 bridgehead atoms. The van der Waals surface area contributed by atoms with Crippen LogP contribution < -0.4 is 10.6 Å². The molecule has 0 aromatic heterocycles. The van der Waals surface area contributed by atoms with E-state index in [4.69, 9.17) is 0 Å². The van der Waals surface area contributed by atoms with Crippen molar-refractivity contribution in [1.82, 2.24) is 10.6 Å². The van der Waals surface area contributed by atoms with Crippen molar-refractivity contribution in [2.24, 2.45) is 5.92 Å². The average molecular weight is 238 g/mol. The van der Waals surface area contributed by atoms with Gasteiger partial charge >= 0.3 is 0 Å². The summed E-state index contributed by atoms with van der Waals surface area (Å²) in [5, 5.41) is 6.51. The van der Waals surface area contributed by atoms with E-state index < -0.39 is 0 Å². The molecule has 98 valence electrons. The van der Waals surface area contributed by atoms with Crippen LogP contribution in [0.1, 0.15) is 58.3 Å². The Hall–Kier alpha value is -0.570. The van der Waals surface area contributed by atoms with Gasteiger partial charge in [0.1, 0.15) is 0 Å². The van der Waals surface area contributed by atoms with Crippen LogP contribution in [0.15, 0.2) is 0 Å². The van der Waals surface area contributed by atoms with Gasteiger partial charge in [0, 0.05) is 12.1 Å². The lowest BCUT2D eigenvalue weighted by atomic mass is 10.00. The van der Waals surface area contributed by atoms with Gasteiger partial charge in [-0.25, -0.2) is 0 Å². The van der Waals surface area contributed by atoms with Gasteiger partial charge in [-0.3, -0.25) is 4.79 Å². The molecule has 2 saturated carbocycles. The molecule has 2 aliphatic rings. The first-order valence-electron chi connectivity index (χ1n) is 7.28. The Morgan fingerprint density at radius 2 is 1.71 bits per heavy atom. The van der Waals surface area contributed by atoms with Gasteiger partial charge < -0.3 is 10.6 Å². The topological polar surface area (TPSA) is 41.1 Å². The van der Waals surface area contributed by atoms with Crippen molar-refractivity contribution < 1.29 is 4.79 Å². The van der Waals surface area contributed by atoms with Crippen LogP contribution in [0.2, 0.25) is 0 Å². The summed E-state index contributed by atoms with van der Waals surface area (Å²) in [6.07, 6.45) is 10.3. The lowest BCUT2D eigenvalue weighted by Gasteiger charge is -2.20. The minimum atomic E-state index is 0.182. The Kier molecular flexibility index (Phi) is 4.84. The summed E-state index contributed by atoms with van der Waals surface area (Å²) in [6, 6.07) is 0.943. The molecular formula is C14H26N2O. The van der Waals surface area contributed by atoms with Crippen LogP contribution >= 0.6 is 0 Å². The quantitative estimate of drug-likeness (QED) is 0.771. The standard InChI is InChI=1S/C14H26N2O/c1-11(12-6-2-3-7-12)15-10-14(17)16-13-8-4-5-9-13/h11-13,15H,2-10H2,1H3,(H,16,17)/t11-/m1/s1. The summed E-state index contributed by atoms with van der Waals surface area (Å²) >= 11 is 0. The highest BCUT2D eigenvalue weighted by molar-refractivity contribution is 5.78. The van der Waals surface area contributed by atoms with E-state index in [0.717, 1.165) is 5.92 Å². The van der Waals surface area contributed by atoms with Crippen molar-refractivity contribution in [3.63, 3.8) is 0 Å². The molecule has 0 saturated heterocycles. The fourth-order valence-electron chi connectivity index (χ4n) is 3.23. The van der Waals surface area contributed by atoms with Crippen LogP contribution in [-0.2, 0) is 4.79 Å².